The van der Waals surface area contributed by atoms with Crippen LogP contribution in [0.1, 0.15) is 6.92 Å². The number of methoxy groups -OCH3 is 1. The van der Waals surface area contributed by atoms with E-state index in [1.165, 1.54) is 12.1 Å². The molecular formula is C20H26N4O4S. The van der Waals surface area contributed by atoms with E-state index in [1.807, 2.05) is 31.2 Å². The number of hydrogen-bond donors (Lipinski definition) is 2. The highest BCUT2D eigenvalue weighted by atomic mass is 32.2. The van der Waals surface area contributed by atoms with Crippen LogP contribution in [0.25, 0.3) is 0 Å². The summed E-state index contributed by atoms with van der Waals surface area (Å²) in [6, 6.07) is 13.5. The number of piperazine rings is 1. The summed E-state index contributed by atoms with van der Waals surface area (Å²) in [5.41, 5.74) is 1.45. The lowest BCUT2D eigenvalue weighted by Crippen LogP contribution is -2.52. The lowest BCUT2D eigenvalue weighted by atomic mass is 10.2. The second-order valence-corrected chi connectivity index (χ2v) is 8.49. The lowest BCUT2D eigenvalue weighted by molar-refractivity contribution is -0.120. The van der Waals surface area contributed by atoms with Crippen LogP contribution in [0.4, 0.5) is 11.4 Å². The molecule has 1 atom stereocenters. The van der Waals surface area contributed by atoms with Gasteiger partial charge in [0.15, 0.2) is 0 Å². The SMILES string of the molecule is COc1ccccc1N1CCN([C@@H](C)C(=O)Nc2cccc(S(N)(=O)=O)c2)CC1. The van der Waals surface area contributed by atoms with Crippen molar-refractivity contribution in [2.75, 3.05) is 43.5 Å². The molecule has 1 aliphatic heterocycles. The van der Waals surface area contributed by atoms with E-state index >= 15 is 0 Å². The molecule has 3 N–H and O–H groups in total. The van der Waals surface area contributed by atoms with Crippen molar-refractivity contribution in [3.63, 3.8) is 0 Å². The Labute approximate surface area is 171 Å². The molecule has 0 aromatic heterocycles. The first-order valence-corrected chi connectivity index (χ1v) is 10.9. The number of sulfonamides is 1. The predicted molar refractivity (Wildman–Crippen MR) is 113 cm³/mol. The number of carbonyl (C=O) groups excluding carboxylic acids is 1. The largest absolute Gasteiger partial charge is 0.495 e. The van der Waals surface area contributed by atoms with Gasteiger partial charge < -0.3 is 15.0 Å². The van der Waals surface area contributed by atoms with E-state index in [-0.39, 0.29) is 16.8 Å². The normalized spacial score (nSPS) is 16.3. The molecule has 1 heterocycles. The molecule has 1 saturated heterocycles. The minimum atomic E-state index is -3.82. The topological polar surface area (TPSA) is 105 Å². The maximum Gasteiger partial charge on any atom is 0.241 e. The Balaban J connectivity index is 1.60. The van der Waals surface area contributed by atoms with Gasteiger partial charge in [0, 0.05) is 31.9 Å². The molecule has 1 aliphatic rings. The fourth-order valence-electron chi connectivity index (χ4n) is 3.40. The highest BCUT2D eigenvalue weighted by Gasteiger charge is 2.26. The van der Waals surface area contributed by atoms with Crippen molar-refractivity contribution >= 4 is 27.3 Å². The smallest absolute Gasteiger partial charge is 0.241 e. The number of para-hydroxylation sites is 2. The fraction of sp³-hybridized carbons (Fsp3) is 0.350. The van der Waals surface area contributed by atoms with Crippen LogP contribution in [0.5, 0.6) is 5.75 Å². The third-order valence-corrected chi connectivity index (χ3v) is 6.01. The van der Waals surface area contributed by atoms with Crippen molar-refractivity contribution in [2.45, 2.75) is 17.9 Å². The van der Waals surface area contributed by atoms with Gasteiger partial charge >= 0.3 is 0 Å². The summed E-state index contributed by atoms with van der Waals surface area (Å²) >= 11 is 0. The Morgan fingerprint density at radius 1 is 1.10 bits per heavy atom. The number of anilines is 2. The zero-order chi connectivity index (χ0) is 21.0. The summed E-state index contributed by atoms with van der Waals surface area (Å²) in [5.74, 6) is 0.642. The molecule has 0 spiro atoms. The van der Waals surface area contributed by atoms with Crippen LogP contribution >= 0.6 is 0 Å². The molecule has 1 amide bonds. The first kappa shape index (κ1) is 21.1. The Hall–Kier alpha value is -2.62. The van der Waals surface area contributed by atoms with E-state index in [2.05, 4.69) is 15.1 Å². The van der Waals surface area contributed by atoms with E-state index in [1.54, 1.807) is 19.2 Å². The molecule has 9 heteroatoms. The summed E-state index contributed by atoms with van der Waals surface area (Å²) in [5, 5.41) is 7.93. The molecule has 0 aliphatic carbocycles. The van der Waals surface area contributed by atoms with Gasteiger partial charge in [-0.3, -0.25) is 9.69 Å². The van der Waals surface area contributed by atoms with Crippen molar-refractivity contribution < 1.29 is 17.9 Å². The summed E-state index contributed by atoms with van der Waals surface area (Å²) < 4.78 is 28.4. The molecule has 2 aromatic carbocycles. The zero-order valence-electron chi connectivity index (χ0n) is 16.5. The third kappa shape index (κ3) is 5.06. The molecular weight excluding hydrogens is 392 g/mol. The Kier molecular flexibility index (Phi) is 6.41. The highest BCUT2D eigenvalue weighted by Crippen LogP contribution is 2.28. The van der Waals surface area contributed by atoms with Crippen LogP contribution in [-0.4, -0.2) is 58.6 Å². The van der Waals surface area contributed by atoms with Gasteiger partial charge in [0.2, 0.25) is 15.9 Å². The standard InChI is InChI=1S/C20H26N4O4S/c1-15(20(25)22-16-6-5-7-17(14-16)29(21,26)27)23-10-12-24(13-11-23)18-8-3-4-9-19(18)28-2/h3-9,14-15H,10-13H2,1-2H3,(H,22,25)(H2,21,26,27)/t15-/m0/s1. The first-order chi connectivity index (χ1) is 13.8. The summed E-state index contributed by atoms with van der Waals surface area (Å²) in [4.78, 5) is 17.0. The van der Waals surface area contributed by atoms with Gasteiger partial charge in [-0.15, -0.1) is 0 Å². The van der Waals surface area contributed by atoms with Gasteiger partial charge in [0.1, 0.15) is 5.75 Å². The van der Waals surface area contributed by atoms with Gasteiger partial charge in [0.25, 0.3) is 0 Å². The second-order valence-electron chi connectivity index (χ2n) is 6.93. The molecule has 0 radical (unpaired) electrons. The van der Waals surface area contributed by atoms with E-state index in [0.29, 0.717) is 5.69 Å². The number of ether oxygens (including phenoxy) is 1. The van der Waals surface area contributed by atoms with E-state index < -0.39 is 10.0 Å². The Morgan fingerprint density at radius 2 is 1.79 bits per heavy atom. The first-order valence-electron chi connectivity index (χ1n) is 9.35. The second kappa shape index (κ2) is 8.81. The van der Waals surface area contributed by atoms with Crippen molar-refractivity contribution in [3.8, 4) is 5.75 Å². The Morgan fingerprint density at radius 3 is 2.45 bits per heavy atom. The number of nitrogens with one attached hydrogen (secondary N) is 1. The number of nitrogens with two attached hydrogens (primary N) is 1. The van der Waals surface area contributed by atoms with Crippen LogP contribution in [0.3, 0.4) is 0 Å². The Bertz CT molecular complexity index is 972. The number of rotatable bonds is 6. The number of amides is 1. The van der Waals surface area contributed by atoms with Gasteiger partial charge in [-0.25, -0.2) is 13.6 Å². The van der Waals surface area contributed by atoms with E-state index in [4.69, 9.17) is 9.88 Å². The molecule has 156 valence electrons. The fourth-order valence-corrected chi connectivity index (χ4v) is 3.96. The number of primary sulfonamides is 1. The number of hydrogen-bond acceptors (Lipinski definition) is 6. The number of carbonyl (C=O) groups is 1. The van der Waals surface area contributed by atoms with Crippen LogP contribution in [-0.2, 0) is 14.8 Å². The zero-order valence-corrected chi connectivity index (χ0v) is 17.4. The van der Waals surface area contributed by atoms with Crippen LogP contribution in [0.2, 0.25) is 0 Å². The number of nitrogens with zero attached hydrogens (tertiary/aromatic N) is 2. The molecule has 8 nitrogen and oxygen atoms in total. The lowest BCUT2D eigenvalue weighted by Gasteiger charge is -2.38. The van der Waals surface area contributed by atoms with Crippen molar-refractivity contribution in [2.24, 2.45) is 5.14 Å². The molecule has 0 unspecified atom stereocenters. The van der Waals surface area contributed by atoms with Crippen LogP contribution < -0.4 is 20.1 Å². The maximum absolute atomic E-state index is 12.7. The highest BCUT2D eigenvalue weighted by molar-refractivity contribution is 7.89. The minimum absolute atomic E-state index is 0.0339. The molecule has 0 bridgehead atoms. The minimum Gasteiger partial charge on any atom is -0.495 e. The van der Waals surface area contributed by atoms with Crippen LogP contribution in [0, 0.1) is 0 Å². The molecule has 0 saturated carbocycles. The molecule has 1 fully saturated rings. The molecule has 3 rings (SSSR count). The van der Waals surface area contributed by atoms with Gasteiger partial charge in [-0.1, -0.05) is 18.2 Å². The average Bonchev–Trinajstić information content (AvgIpc) is 2.73. The summed E-state index contributed by atoms with van der Waals surface area (Å²) in [7, 11) is -2.16. The van der Waals surface area contributed by atoms with E-state index in [0.717, 1.165) is 37.6 Å². The average molecular weight is 419 g/mol. The predicted octanol–water partition coefficient (Wildman–Crippen LogP) is 1.49. The van der Waals surface area contributed by atoms with Gasteiger partial charge in [0.05, 0.1) is 23.7 Å². The van der Waals surface area contributed by atoms with Gasteiger partial charge in [-0.2, -0.15) is 0 Å². The summed E-state index contributed by atoms with van der Waals surface area (Å²) in [6.45, 7) is 4.85. The van der Waals surface area contributed by atoms with Crippen LogP contribution in [0.15, 0.2) is 53.4 Å². The van der Waals surface area contributed by atoms with Crippen molar-refractivity contribution in [1.29, 1.82) is 0 Å². The third-order valence-electron chi connectivity index (χ3n) is 5.10. The number of benzene rings is 2. The van der Waals surface area contributed by atoms with Crippen molar-refractivity contribution in [3.05, 3.63) is 48.5 Å². The molecule has 2 aromatic rings. The monoisotopic (exact) mass is 418 g/mol. The van der Waals surface area contributed by atoms with Gasteiger partial charge in [-0.05, 0) is 37.3 Å². The molecule has 29 heavy (non-hydrogen) atoms. The summed E-state index contributed by atoms with van der Waals surface area (Å²) in [6.07, 6.45) is 0. The quantitative estimate of drug-likeness (QED) is 0.737. The van der Waals surface area contributed by atoms with E-state index in [9.17, 15) is 13.2 Å². The maximum atomic E-state index is 12.7. The van der Waals surface area contributed by atoms with Crippen molar-refractivity contribution in [1.82, 2.24) is 4.90 Å².